The summed E-state index contributed by atoms with van der Waals surface area (Å²) in [6.45, 7) is 1.69. The number of rotatable bonds is 8. The molecule has 0 fully saturated rings. The number of carbonyl (C=O) groups is 2. The molecule has 0 aliphatic rings. The van der Waals surface area contributed by atoms with E-state index in [0.717, 1.165) is 24.5 Å². The third kappa shape index (κ3) is 8.02. The lowest BCUT2D eigenvalue weighted by atomic mass is 10.1. The van der Waals surface area contributed by atoms with Crippen molar-refractivity contribution in [2.45, 2.75) is 13.1 Å². The average molecular weight is 467 g/mol. The number of hydrogen-bond donors (Lipinski definition) is 2. The van der Waals surface area contributed by atoms with Gasteiger partial charge in [0.1, 0.15) is 0 Å². The lowest BCUT2D eigenvalue weighted by Gasteiger charge is -2.11. The third-order valence-electron chi connectivity index (χ3n) is 4.83. The molecule has 0 bridgehead atoms. The molecule has 3 aromatic rings. The van der Waals surface area contributed by atoms with Crippen molar-refractivity contribution in [3.8, 4) is 0 Å². The first-order chi connectivity index (χ1) is 15.3. The van der Waals surface area contributed by atoms with E-state index in [9.17, 15) is 9.59 Å². The lowest BCUT2D eigenvalue weighted by molar-refractivity contribution is 0.101. The van der Waals surface area contributed by atoms with Crippen LogP contribution in [0, 0.1) is 0 Å². The van der Waals surface area contributed by atoms with Gasteiger partial charge in [0.15, 0.2) is 0 Å². The van der Waals surface area contributed by atoms with E-state index in [1.807, 2.05) is 76.7 Å². The highest BCUT2D eigenvalue weighted by Crippen LogP contribution is 2.15. The Morgan fingerprint density at radius 3 is 1.15 bits per heavy atom. The van der Waals surface area contributed by atoms with Crippen LogP contribution in [0.1, 0.15) is 31.8 Å². The second-order valence-electron chi connectivity index (χ2n) is 8.36. The molecule has 0 aromatic heterocycles. The Labute approximate surface area is 202 Å². The zero-order valence-corrected chi connectivity index (χ0v) is 20.3. The van der Waals surface area contributed by atoms with E-state index in [4.69, 9.17) is 0 Å². The molecule has 0 aliphatic heterocycles. The molecule has 7 heteroatoms. The van der Waals surface area contributed by atoms with E-state index in [2.05, 4.69) is 20.4 Å². The Kier molecular flexibility index (Phi) is 9.60. The Bertz CT molecular complexity index is 961. The molecule has 6 nitrogen and oxygen atoms in total. The monoisotopic (exact) mass is 466 g/mol. The first-order valence-electron chi connectivity index (χ1n) is 10.5. The van der Waals surface area contributed by atoms with Gasteiger partial charge in [0.05, 0.1) is 0 Å². The fourth-order valence-electron chi connectivity index (χ4n) is 3.30. The van der Waals surface area contributed by atoms with Gasteiger partial charge in [-0.2, -0.15) is 0 Å². The molecule has 0 atom stereocenters. The van der Waals surface area contributed by atoms with Gasteiger partial charge in [-0.15, -0.1) is 12.4 Å². The summed E-state index contributed by atoms with van der Waals surface area (Å²) < 4.78 is 0. The number of amides is 2. The van der Waals surface area contributed by atoms with Crippen molar-refractivity contribution in [3.63, 3.8) is 0 Å². The number of carbonyl (C=O) groups excluding carboxylic acids is 2. The Hall–Kier alpha value is -3.19. The highest BCUT2D eigenvalue weighted by atomic mass is 35.5. The van der Waals surface area contributed by atoms with Crippen LogP contribution in [-0.4, -0.2) is 49.8 Å². The maximum absolute atomic E-state index is 12.5. The zero-order valence-electron chi connectivity index (χ0n) is 19.5. The fourth-order valence-corrected chi connectivity index (χ4v) is 3.30. The summed E-state index contributed by atoms with van der Waals surface area (Å²) in [4.78, 5) is 29.2. The normalized spacial score (nSPS) is 10.6. The second kappa shape index (κ2) is 12.2. The van der Waals surface area contributed by atoms with Crippen LogP contribution in [0.15, 0.2) is 72.8 Å². The van der Waals surface area contributed by atoms with Gasteiger partial charge in [-0.1, -0.05) is 24.3 Å². The average Bonchev–Trinajstić information content (AvgIpc) is 2.76. The largest absolute Gasteiger partial charge is 0.322 e. The van der Waals surface area contributed by atoms with Gasteiger partial charge in [-0.05, 0) is 87.8 Å². The third-order valence-corrected chi connectivity index (χ3v) is 4.83. The molecule has 0 saturated carbocycles. The Balaban J connectivity index is 0.00000385. The van der Waals surface area contributed by atoms with Crippen LogP contribution in [0.3, 0.4) is 0 Å². The van der Waals surface area contributed by atoms with Crippen molar-refractivity contribution in [1.82, 2.24) is 9.80 Å². The summed E-state index contributed by atoms with van der Waals surface area (Å²) in [6.07, 6.45) is 0. The maximum atomic E-state index is 12.5. The minimum atomic E-state index is -0.214. The second-order valence-corrected chi connectivity index (χ2v) is 8.36. The van der Waals surface area contributed by atoms with Crippen LogP contribution in [-0.2, 0) is 13.1 Å². The van der Waals surface area contributed by atoms with Crippen molar-refractivity contribution < 1.29 is 9.59 Å². The Morgan fingerprint density at radius 1 is 0.576 bits per heavy atom. The number of anilines is 2. The summed E-state index contributed by atoms with van der Waals surface area (Å²) in [5, 5.41) is 5.78. The number of hydrogen-bond acceptors (Lipinski definition) is 4. The molecule has 0 aliphatic carbocycles. The predicted molar refractivity (Wildman–Crippen MR) is 137 cm³/mol. The van der Waals surface area contributed by atoms with Crippen LogP contribution < -0.4 is 10.6 Å². The van der Waals surface area contributed by atoms with Crippen molar-refractivity contribution in [1.29, 1.82) is 0 Å². The molecule has 2 N–H and O–H groups in total. The first-order valence-corrected chi connectivity index (χ1v) is 10.5. The molecule has 0 heterocycles. The summed E-state index contributed by atoms with van der Waals surface area (Å²) in [5.74, 6) is -0.428. The topological polar surface area (TPSA) is 64.7 Å². The molecule has 3 aromatic carbocycles. The van der Waals surface area contributed by atoms with Crippen LogP contribution in [0.2, 0.25) is 0 Å². The van der Waals surface area contributed by atoms with Crippen LogP contribution in [0.25, 0.3) is 0 Å². The summed E-state index contributed by atoms with van der Waals surface area (Å²) >= 11 is 0. The molecule has 174 valence electrons. The van der Waals surface area contributed by atoms with E-state index in [1.165, 1.54) is 11.1 Å². The minimum Gasteiger partial charge on any atom is -0.322 e. The SMILES string of the molecule is CN(C)Cc1ccc(NC(=O)c2ccc(C(=O)Nc3ccc(CN(C)C)cc3)cc2)cc1.Cl. The lowest BCUT2D eigenvalue weighted by Crippen LogP contribution is -2.15. The molecule has 2 amide bonds. The zero-order chi connectivity index (χ0) is 23.1. The van der Waals surface area contributed by atoms with Crippen LogP contribution in [0.4, 0.5) is 11.4 Å². The standard InChI is InChI=1S/C26H30N4O2.ClH/c1-29(2)17-19-5-13-23(14-6-19)27-25(31)21-9-11-22(12-10-21)26(32)28-24-15-7-20(8-16-24)18-30(3)4;/h5-16H,17-18H2,1-4H3,(H,27,31)(H,28,32);1H. The highest BCUT2D eigenvalue weighted by molar-refractivity contribution is 6.07. The maximum Gasteiger partial charge on any atom is 0.255 e. The first kappa shape index (κ1) is 26.1. The number of nitrogens with one attached hydrogen (secondary N) is 2. The van der Waals surface area contributed by atoms with Gasteiger partial charge in [-0.25, -0.2) is 0 Å². The van der Waals surface area contributed by atoms with Crippen LogP contribution in [0.5, 0.6) is 0 Å². The van der Waals surface area contributed by atoms with Crippen LogP contribution >= 0.6 is 12.4 Å². The molecule has 0 spiro atoms. The minimum absolute atomic E-state index is 0. The Morgan fingerprint density at radius 2 is 0.879 bits per heavy atom. The summed E-state index contributed by atoms with van der Waals surface area (Å²) in [6, 6.07) is 22.2. The molecule has 0 unspecified atom stereocenters. The highest BCUT2D eigenvalue weighted by Gasteiger charge is 2.10. The molecule has 3 rings (SSSR count). The van der Waals surface area contributed by atoms with Gasteiger partial charge < -0.3 is 20.4 Å². The van der Waals surface area contributed by atoms with E-state index in [-0.39, 0.29) is 24.2 Å². The summed E-state index contributed by atoms with van der Waals surface area (Å²) in [7, 11) is 8.06. The van der Waals surface area contributed by atoms with E-state index >= 15 is 0 Å². The van der Waals surface area contributed by atoms with Crippen molar-refractivity contribution >= 4 is 35.6 Å². The molecular formula is C26H31ClN4O2. The molecule has 0 saturated heterocycles. The van der Waals surface area contributed by atoms with Gasteiger partial charge in [0, 0.05) is 35.6 Å². The van der Waals surface area contributed by atoms with E-state index in [0.29, 0.717) is 11.1 Å². The van der Waals surface area contributed by atoms with Gasteiger partial charge in [0.25, 0.3) is 11.8 Å². The summed E-state index contributed by atoms with van der Waals surface area (Å²) in [5.41, 5.74) is 4.80. The van der Waals surface area contributed by atoms with Crippen molar-refractivity contribution in [3.05, 3.63) is 95.1 Å². The van der Waals surface area contributed by atoms with Crippen molar-refractivity contribution in [2.75, 3.05) is 38.8 Å². The molecule has 33 heavy (non-hydrogen) atoms. The fraction of sp³-hybridized carbons (Fsp3) is 0.231. The van der Waals surface area contributed by atoms with Gasteiger partial charge in [0.2, 0.25) is 0 Å². The number of benzene rings is 3. The van der Waals surface area contributed by atoms with Gasteiger partial charge in [-0.3, -0.25) is 9.59 Å². The van der Waals surface area contributed by atoms with E-state index < -0.39 is 0 Å². The molecular weight excluding hydrogens is 436 g/mol. The van der Waals surface area contributed by atoms with Crippen molar-refractivity contribution in [2.24, 2.45) is 0 Å². The van der Waals surface area contributed by atoms with Gasteiger partial charge >= 0.3 is 0 Å². The molecule has 0 radical (unpaired) electrons. The smallest absolute Gasteiger partial charge is 0.255 e. The predicted octanol–water partition coefficient (Wildman–Crippen LogP) is 4.74. The number of halogens is 1. The quantitative estimate of drug-likeness (QED) is 0.503. The van der Waals surface area contributed by atoms with E-state index in [1.54, 1.807) is 24.3 Å². The number of nitrogens with zero attached hydrogens (tertiary/aromatic N) is 2.